The minimum Gasteiger partial charge on any atom is -0.378 e. The molecule has 22 heavy (non-hydrogen) atoms. The standard InChI is InChI=1S/C16H26N4O2/c1-6-20(12(2)15(21)18-16(22)17-3)11-13-7-9-14(10-8-13)19(4)5/h7-10,12H,6,11H2,1-5H3,(H2,17,18,21,22)/t12-/m0/s1. The third kappa shape index (κ3) is 5.04. The molecule has 0 aliphatic carbocycles. The number of imide groups is 1. The lowest BCUT2D eigenvalue weighted by atomic mass is 10.1. The first-order chi connectivity index (χ1) is 10.4. The predicted octanol–water partition coefficient (Wildman–Crippen LogP) is 1.42. The van der Waals surface area contributed by atoms with E-state index in [0.29, 0.717) is 6.54 Å². The largest absolute Gasteiger partial charge is 0.378 e. The molecular weight excluding hydrogens is 280 g/mol. The molecule has 0 radical (unpaired) electrons. The Bertz CT molecular complexity index is 499. The molecule has 0 saturated heterocycles. The number of hydrogen-bond acceptors (Lipinski definition) is 4. The Balaban J connectivity index is 2.71. The smallest absolute Gasteiger partial charge is 0.321 e. The first-order valence-electron chi connectivity index (χ1n) is 7.41. The Morgan fingerprint density at radius 2 is 1.77 bits per heavy atom. The highest BCUT2D eigenvalue weighted by Gasteiger charge is 2.21. The molecular formula is C16H26N4O2. The number of rotatable bonds is 6. The van der Waals surface area contributed by atoms with Gasteiger partial charge in [0.15, 0.2) is 0 Å². The lowest BCUT2D eigenvalue weighted by molar-refractivity contribution is -0.124. The fourth-order valence-corrected chi connectivity index (χ4v) is 2.10. The van der Waals surface area contributed by atoms with Crippen LogP contribution >= 0.6 is 0 Å². The van der Waals surface area contributed by atoms with Crippen LogP contribution in [0.5, 0.6) is 0 Å². The number of nitrogens with zero attached hydrogens (tertiary/aromatic N) is 2. The van der Waals surface area contributed by atoms with E-state index in [0.717, 1.165) is 17.8 Å². The van der Waals surface area contributed by atoms with Crippen molar-refractivity contribution in [1.82, 2.24) is 15.5 Å². The second-order valence-corrected chi connectivity index (χ2v) is 5.37. The molecule has 0 bridgehead atoms. The van der Waals surface area contributed by atoms with Crippen LogP contribution in [0, 0.1) is 0 Å². The normalized spacial score (nSPS) is 11.9. The molecule has 2 N–H and O–H groups in total. The van der Waals surface area contributed by atoms with Crippen molar-refractivity contribution in [2.75, 3.05) is 32.6 Å². The summed E-state index contributed by atoms with van der Waals surface area (Å²) in [6.07, 6.45) is 0. The maximum Gasteiger partial charge on any atom is 0.321 e. The number of carbonyl (C=O) groups is 2. The molecule has 0 fully saturated rings. The van der Waals surface area contributed by atoms with Gasteiger partial charge < -0.3 is 10.2 Å². The summed E-state index contributed by atoms with van der Waals surface area (Å²) >= 11 is 0. The molecule has 0 aliphatic rings. The van der Waals surface area contributed by atoms with Gasteiger partial charge in [-0.2, -0.15) is 0 Å². The van der Waals surface area contributed by atoms with Crippen molar-refractivity contribution < 1.29 is 9.59 Å². The molecule has 6 heteroatoms. The van der Waals surface area contributed by atoms with Gasteiger partial charge in [0.25, 0.3) is 0 Å². The SMILES string of the molecule is CCN(Cc1ccc(N(C)C)cc1)[C@@H](C)C(=O)NC(=O)NC. The van der Waals surface area contributed by atoms with Gasteiger partial charge >= 0.3 is 6.03 Å². The molecule has 1 atom stereocenters. The van der Waals surface area contributed by atoms with Gasteiger partial charge in [0.05, 0.1) is 6.04 Å². The Kier molecular flexibility index (Phi) is 6.85. The van der Waals surface area contributed by atoms with Crippen LogP contribution in [0.1, 0.15) is 19.4 Å². The van der Waals surface area contributed by atoms with Crippen molar-refractivity contribution >= 4 is 17.6 Å². The fourth-order valence-electron chi connectivity index (χ4n) is 2.10. The molecule has 0 aliphatic heterocycles. The van der Waals surface area contributed by atoms with Crippen LogP contribution in [0.2, 0.25) is 0 Å². The summed E-state index contributed by atoms with van der Waals surface area (Å²) in [4.78, 5) is 27.3. The van der Waals surface area contributed by atoms with Crippen molar-refractivity contribution in [3.63, 3.8) is 0 Å². The number of carbonyl (C=O) groups excluding carboxylic acids is 2. The maximum atomic E-state index is 12.0. The first-order valence-corrected chi connectivity index (χ1v) is 7.41. The molecule has 6 nitrogen and oxygen atoms in total. The van der Waals surface area contributed by atoms with Gasteiger partial charge in [-0.1, -0.05) is 19.1 Å². The highest BCUT2D eigenvalue weighted by molar-refractivity contribution is 5.96. The van der Waals surface area contributed by atoms with Gasteiger partial charge in [0.2, 0.25) is 5.91 Å². The van der Waals surface area contributed by atoms with Crippen molar-refractivity contribution in [2.45, 2.75) is 26.4 Å². The second kappa shape index (κ2) is 8.38. The van der Waals surface area contributed by atoms with Crippen molar-refractivity contribution in [3.8, 4) is 0 Å². The van der Waals surface area contributed by atoms with E-state index in [1.807, 2.05) is 30.8 Å². The Hall–Kier alpha value is -2.08. The van der Waals surface area contributed by atoms with Crippen LogP contribution in [-0.2, 0) is 11.3 Å². The fraction of sp³-hybridized carbons (Fsp3) is 0.500. The number of likely N-dealkylation sites (N-methyl/N-ethyl adjacent to an activating group) is 1. The van der Waals surface area contributed by atoms with Crippen molar-refractivity contribution in [1.29, 1.82) is 0 Å². The second-order valence-electron chi connectivity index (χ2n) is 5.37. The molecule has 0 unspecified atom stereocenters. The molecule has 0 spiro atoms. The number of amides is 3. The van der Waals surface area contributed by atoms with Gasteiger partial charge in [0, 0.05) is 33.4 Å². The Morgan fingerprint density at radius 1 is 1.18 bits per heavy atom. The summed E-state index contributed by atoms with van der Waals surface area (Å²) in [5.41, 5.74) is 2.27. The highest BCUT2D eigenvalue weighted by atomic mass is 16.2. The van der Waals surface area contributed by atoms with Gasteiger partial charge in [-0.25, -0.2) is 4.79 Å². The van der Waals surface area contributed by atoms with E-state index in [-0.39, 0.29) is 11.9 Å². The monoisotopic (exact) mass is 306 g/mol. The average Bonchev–Trinajstić information content (AvgIpc) is 2.52. The third-order valence-corrected chi connectivity index (χ3v) is 3.64. The zero-order valence-corrected chi connectivity index (χ0v) is 14.0. The quantitative estimate of drug-likeness (QED) is 0.834. The molecule has 3 amide bonds. The minimum absolute atomic E-state index is 0.300. The van der Waals surface area contributed by atoms with Crippen LogP contribution in [0.3, 0.4) is 0 Å². The van der Waals surface area contributed by atoms with Gasteiger partial charge in [-0.05, 0) is 31.2 Å². The summed E-state index contributed by atoms with van der Waals surface area (Å²) < 4.78 is 0. The average molecular weight is 306 g/mol. The first kappa shape index (κ1) is 18.0. The van der Waals surface area contributed by atoms with Crippen LogP contribution in [0.25, 0.3) is 0 Å². The summed E-state index contributed by atoms with van der Waals surface area (Å²) in [6.45, 7) is 5.18. The lowest BCUT2D eigenvalue weighted by Gasteiger charge is -2.26. The number of hydrogen-bond donors (Lipinski definition) is 2. The van der Waals surface area contributed by atoms with Gasteiger partial charge in [-0.15, -0.1) is 0 Å². The Morgan fingerprint density at radius 3 is 2.23 bits per heavy atom. The molecule has 1 aromatic carbocycles. The van der Waals surface area contributed by atoms with Gasteiger partial charge in [0.1, 0.15) is 0 Å². The molecule has 1 rings (SSSR count). The van der Waals surface area contributed by atoms with E-state index in [2.05, 4.69) is 34.9 Å². The van der Waals surface area contributed by atoms with E-state index in [1.165, 1.54) is 7.05 Å². The zero-order valence-electron chi connectivity index (χ0n) is 14.0. The summed E-state index contributed by atoms with van der Waals surface area (Å²) in [7, 11) is 5.48. The minimum atomic E-state index is -0.483. The third-order valence-electron chi connectivity index (χ3n) is 3.64. The Labute approximate surface area is 132 Å². The molecule has 0 heterocycles. The van der Waals surface area contributed by atoms with E-state index in [1.54, 1.807) is 6.92 Å². The molecule has 1 aromatic rings. The number of anilines is 1. The van der Waals surface area contributed by atoms with E-state index in [9.17, 15) is 9.59 Å². The van der Waals surface area contributed by atoms with Crippen LogP contribution in [0.15, 0.2) is 24.3 Å². The number of benzene rings is 1. The summed E-state index contributed by atoms with van der Waals surface area (Å²) in [5.74, 6) is -0.300. The van der Waals surface area contributed by atoms with Crippen molar-refractivity contribution in [3.05, 3.63) is 29.8 Å². The van der Waals surface area contributed by atoms with Crippen LogP contribution < -0.4 is 15.5 Å². The highest BCUT2D eigenvalue weighted by Crippen LogP contribution is 2.14. The van der Waals surface area contributed by atoms with Crippen LogP contribution in [0.4, 0.5) is 10.5 Å². The lowest BCUT2D eigenvalue weighted by Crippen LogP contribution is -2.48. The van der Waals surface area contributed by atoms with Gasteiger partial charge in [-0.3, -0.25) is 15.0 Å². The zero-order chi connectivity index (χ0) is 16.7. The molecule has 0 saturated carbocycles. The summed E-state index contributed by atoms with van der Waals surface area (Å²) in [6, 6.07) is 7.36. The number of urea groups is 1. The molecule has 122 valence electrons. The maximum absolute atomic E-state index is 12.0. The topological polar surface area (TPSA) is 64.7 Å². The summed E-state index contributed by atoms with van der Waals surface area (Å²) in [5, 5.41) is 4.70. The number of nitrogens with one attached hydrogen (secondary N) is 2. The van der Waals surface area contributed by atoms with E-state index < -0.39 is 6.03 Å². The van der Waals surface area contributed by atoms with Crippen molar-refractivity contribution in [2.24, 2.45) is 0 Å². The molecule has 0 aromatic heterocycles. The van der Waals surface area contributed by atoms with E-state index >= 15 is 0 Å². The van der Waals surface area contributed by atoms with E-state index in [4.69, 9.17) is 0 Å². The van der Waals surface area contributed by atoms with Crippen LogP contribution in [-0.4, -0.2) is 50.6 Å². The predicted molar refractivity (Wildman–Crippen MR) is 88.9 cm³/mol.